The molecule has 0 spiro atoms. The van der Waals surface area contributed by atoms with Crippen molar-refractivity contribution in [1.29, 1.82) is 0 Å². The maximum atomic E-state index is 12.1. The lowest BCUT2D eigenvalue weighted by Crippen LogP contribution is -2.37. The summed E-state index contributed by atoms with van der Waals surface area (Å²) < 4.78 is 11.2. The lowest BCUT2D eigenvalue weighted by atomic mass is 10.1. The van der Waals surface area contributed by atoms with Gasteiger partial charge in [-0.1, -0.05) is 18.2 Å². The largest absolute Gasteiger partial charge is 0.440 e. The van der Waals surface area contributed by atoms with E-state index in [-0.39, 0.29) is 5.91 Å². The smallest absolute Gasteiger partial charge is 0.257 e. The fourth-order valence-electron chi connectivity index (χ4n) is 2.37. The zero-order valence-electron chi connectivity index (χ0n) is 10.8. The third kappa shape index (κ3) is 2.06. The van der Waals surface area contributed by atoms with Gasteiger partial charge < -0.3 is 19.4 Å². The van der Waals surface area contributed by atoms with E-state index in [0.717, 1.165) is 24.1 Å². The Hall–Kier alpha value is -2.01. The first-order valence-electron chi connectivity index (χ1n) is 6.37. The first-order chi connectivity index (χ1) is 9.31. The SMILES string of the molecule is CNC(=O)c1c(N2CCOCC2)oc2ccccc12. The molecule has 19 heavy (non-hydrogen) atoms. The Kier molecular flexibility index (Phi) is 3.13. The maximum absolute atomic E-state index is 12.1. The standard InChI is InChI=1S/C14H16N2O3/c1-15-13(17)12-10-4-2-3-5-11(10)19-14(12)16-6-8-18-9-7-16/h2-5H,6-9H2,1H3,(H,15,17). The predicted octanol–water partition coefficient (Wildman–Crippen LogP) is 1.63. The van der Waals surface area contributed by atoms with Crippen LogP contribution < -0.4 is 10.2 Å². The van der Waals surface area contributed by atoms with E-state index in [4.69, 9.17) is 9.15 Å². The number of para-hydroxylation sites is 1. The number of ether oxygens (including phenoxy) is 1. The monoisotopic (exact) mass is 260 g/mol. The van der Waals surface area contributed by atoms with Crippen molar-refractivity contribution in [2.24, 2.45) is 0 Å². The number of anilines is 1. The number of morpholine rings is 1. The molecule has 0 aliphatic carbocycles. The topological polar surface area (TPSA) is 54.7 Å². The molecule has 2 heterocycles. The van der Waals surface area contributed by atoms with E-state index >= 15 is 0 Å². The van der Waals surface area contributed by atoms with Gasteiger partial charge in [-0.3, -0.25) is 4.79 Å². The Balaban J connectivity index is 2.13. The number of rotatable bonds is 2. The Bertz CT molecular complexity index is 600. The van der Waals surface area contributed by atoms with E-state index in [1.807, 2.05) is 24.3 Å². The van der Waals surface area contributed by atoms with Gasteiger partial charge in [0, 0.05) is 25.5 Å². The Labute approximate surface area is 111 Å². The molecule has 0 unspecified atom stereocenters. The molecule has 1 amide bonds. The number of nitrogens with zero attached hydrogens (tertiary/aromatic N) is 1. The molecule has 2 aromatic rings. The minimum Gasteiger partial charge on any atom is -0.440 e. The molecule has 1 aliphatic rings. The van der Waals surface area contributed by atoms with Crippen molar-refractivity contribution < 1.29 is 13.9 Å². The highest BCUT2D eigenvalue weighted by molar-refractivity contribution is 6.10. The van der Waals surface area contributed by atoms with Gasteiger partial charge in [0.1, 0.15) is 11.1 Å². The van der Waals surface area contributed by atoms with Crippen molar-refractivity contribution in [3.63, 3.8) is 0 Å². The van der Waals surface area contributed by atoms with Crippen molar-refractivity contribution in [1.82, 2.24) is 5.32 Å². The Morgan fingerprint density at radius 2 is 2.00 bits per heavy atom. The molecule has 3 rings (SSSR count). The van der Waals surface area contributed by atoms with Crippen LogP contribution in [0.2, 0.25) is 0 Å². The van der Waals surface area contributed by atoms with Crippen LogP contribution in [0, 0.1) is 0 Å². The molecule has 0 radical (unpaired) electrons. The predicted molar refractivity (Wildman–Crippen MR) is 72.6 cm³/mol. The van der Waals surface area contributed by atoms with Crippen molar-refractivity contribution in [3.05, 3.63) is 29.8 Å². The second-order valence-corrected chi connectivity index (χ2v) is 4.46. The third-order valence-corrected chi connectivity index (χ3v) is 3.33. The van der Waals surface area contributed by atoms with E-state index in [0.29, 0.717) is 24.7 Å². The number of nitrogens with one attached hydrogen (secondary N) is 1. The van der Waals surface area contributed by atoms with Gasteiger partial charge in [0.05, 0.1) is 13.2 Å². The highest BCUT2D eigenvalue weighted by atomic mass is 16.5. The summed E-state index contributed by atoms with van der Waals surface area (Å²) in [5, 5.41) is 3.53. The van der Waals surface area contributed by atoms with Gasteiger partial charge in [0.15, 0.2) is 0 Å². The fourth-order valence-corrected chi connectivity index (χ4v) is 2.37. The van der Waals surface area contributed by atoms with Crippen LogP contribution in [-0.4, -0.2) is 39.3 Å². The Morgan fingerprint density at radius 1 is 1.26 bits per heavy atom. The summed E-state index contributed by atoms with van der Waals surface area (Å²) in [7, 11) is 1.63. The summed E-state index contributed by atoms with van der Waals surface area (Å²) in [6, 6.07) is 7.61. The molecule has 100 valence electrons. The van der Waals surface area contributed by atoms with Crippen LogP contribution in [0.5, 0.6) is 0 Å². The van der Waals surface area contributed by atoms with Crippen LogP contribution in [-0.2, 0) is 4.74 Å². The number of amides is 1. The number of hydrogen-bond acceptors (Lipinski definition) is 4. The fraction of sp³-hybridized carbons (Fsp3) is 0.357. The Morgan fingerprint density at radius 3 is 2.74 bits per heavy atom. The summed E-state index contributed by atoms with van der Waals surface area (Å²) in [6.45, 7) is 2.79. The average molecular weight is 260 g/mol. The molecule has 1 saturated heterocycles. The summed E-state index contributed by atoms with van der Waals surface area (Å²) in [4.78, 5) is 14.2. The van der Waals surface area contributed by atoms with Crippen LogP contribution in [0.25, 0.3) is 11.0 Å². The van der Waals surface area contributed by atoms with Crippen LogP contribution in [0.4, 0.5) is 5.88 Å². The molecule has 0 bridgehead atoms. The molecule has 1 aliphatic heterocycles. The molecule has 0 saturated carbocycles. The number of carbonyl (C=O) groups excluding carboxylic acids is 1. The van der Waals surface area contributed by atoms with Gasteiger partial charge >= 0.3 is 0 Å². The average Bonchev–Trinajstić information content (AvgIpc) is 2.87. The highest BCUT2D eigenvalue weighted by Gasteiger charge is 2.25. The zero-order chi connectivity index (χ0) is 13.2. The minimum atomic E-state index is -0.119. The lowest BCUT2D eigenvalue weighted by molar-refractivity contribution is 0.0961. The zero-order valence-corrected chi connectivity index (χ0v) is 10.8. The van der Waals surface area contributed by atoms with Crippen LogP contribution in [0.3, 0.4) is 0 Å². The van der Waals surface area contributed by atoms with Gasteiger partial charge in [-0.25, -0.2) is 0 Å². The van der Waals surface area contributed by atoms with Crippen LogP contribution >= 0.6 is 0 Å². The second kappa shape index (κ2) is 4.93. The van der Waals surface area contributed by atoms with Crippen LogP contribution in [0.15, 0.2) is 28.7 Å². The van der Waals surface area contributed by atoms with Gasteiger partial charge in [-0.05, 0) is 6.07 Å². The number of hydrogen-bond donors (Lipinski definition) is 1. The van der Waals surface area contributed by atoms with Crippen LogP contribution in [0.1, 0.15) is 10.4 Å². The molecule has 0 atom stereocenters. The summed E-state index contributed by atoms with van der Waals surface area (Å²) in [5.41, 5.74) is 1.35. The molecule has 1 aromatic carbocycles. The van der Waals surface area contributed by atoms with E-state index in [9.17, 15) is 4.79 Å². The maximum Gasteiger partial charge on any atom is 0.257 e. The van der Waals surface area contributed by atoms with E-state index in [1.165, 1.54) is 0 Å². The normalized spacial score (nSPS) is 15.7. The number of furan rings is 1. The second-order valence-electron chi connectivity index (χ2n) is 4.46. The number of benzene rings is 1. The summed E-state index contributed by atoms with van der Waals surface area (Å²) in [6.07, 6.45) is 0. The van der Waals surface area contributed by atoms with Crippen molar-refractivity contribution in [2.45, 2.75) is 0 Å². The lowest BCUT2D eigenvalue weighted by Gasteiger charge is -2.27. The first kappa shape index (κ1) is 12.0. The van der Waals surface area contributed by atoms with E-state index in [1.54, 1.807) is 7.05 Å². The first-order valence-corrected chi connectivity index (χ1v) is 6.37. The summed E-state index contributed by atoms with van der Waals surface area (Å²) in [5.74, 6) is 0.523. The third-order valence-electron chi connectivity index (χ3n) is 3.33. The van der Waals surface area contributed by atoms with Gasteiger partial charge in [-0.2, -0.15) is 0 Å². The minimum absolute atomic E-state index is 0.119. The number of fused-ring (bicyclic) bond motifs is 1. The van der Waals surface area contributed by atoms with Gasteiger partial charge in [0.2, 0.25) is 5.88 Å². The van der Waals surface area contributed by atoms with E-state index in [2.05, 4.69) is 10.2 Å². The molecule has 5 heteroatoms. The van der Waals surface area contributed by atoms with Crippen molar-refractivity contribution >= 4 is 22.8 Å². The van der Waals surface area contributed by atoms with Crippen molar-refractivity contribution in [2.75, 3.05) is 38.3 Å². The van der Waals surface area contributed by atoms with Gasteiger partial charge in [0.25, 0.3) is 5.91 Å². The van der Waals surface area contributed by atoms with E-state index < -0.39 is 0 Å². The molecule has 1 fully saturated rings. The quantitative estimate of drug-likeness (QED) is 0.891. The molecular weight excluding hydrogens is 244 g/mol. The molecule has 5 nitrogen and oxygen atoms in total. The van der Waals surface area contributed by atoms with Gasteiger partial charge in [-0.15, -0.1) is 0 Å². The molecule has 1 N–H and O–H groups in total. The van der Waals surface area contributed by atoms with Crippen molar-refractivity contribution in [3.8, 4) is 0 Å². The summed E-state index contributed by atoms with van der Waals surface area (Å²) >= 11 is 0. The highest BCUT2D eigenvalue weighted by Crippen LogP contribution is 2.32. The molecular formula is C14H16N2O3. The molecule has 1 aromatic heterocycles. The number of carbonyl (C=O) groups is 1.